The Morgan fingerprint density at radius 2 is 2.14 bits per heavy atom. The molecule has 1 atom stereocenters. The first kappa shape index (κ1) is 17.0. The summed E-state index contributed by atoms with van der Waals surface area (Å²) in [5.41, 5.74) is 7.01. The van der Waals surface area contributed by atoms with E-state index in [1.54, 1.807) is 18.2 Å². The highest BCUT2D eigenvalue weighted by molar-refractivity contribution is 5.94. The van der Waals surface area contributed by atoms with Crippen molar-refractivity contribution in [2.45, 2.75) is 33.2 Å². The summed E-state index contributed by atoms with van der Waals surface area (Å²) in [6.45, 7) is 7.44. The van der Waals surface area contributed by atoms with Crippen LogP contribution in [0.15, 0.2) is 24.3 Å². The maximum atomic E-state index is 12.3. The normalized spacial score (nSPS) is 12.2. The zero-order valence-electron chi connectivity index (χ0n) is 13.0. The van der Waals surface area contributed by atoms with Crippen LogP contribution < -0.4 is 11.1 Å². The number of nitrogens with two attached hydrogens (primary N) is 1. The summed E-state index contributed by atoms with van der Waals surface area (Å²) in [5, 5.41) is 11.6. The molecular weight excluding hydrogens is 264 g/mol. The molecule has 0 aliphatic carbocycles. The molecular formula is C16H24N4O. The molecule has 0 saturated carbocycles. The maximum Gasteiger partial charge on any atom is 0.241 e. The third kappa shape index (κ3) is 5.84. The average molecular weight is 288 g/mol. The number of hydrogen-bond donors (Lipinski definition) is 2. The van der Waals surface area contributed by atoms with E-state index in [1.807, 2.05) is 17.9 Å². The lowest BCUT2D eigenvalue weighted by atomic mass is 10.1. The first-order valence-corrected chi connectivity index (χ1v) is 7.21. The largest absolute Gasteiger partial charge is 0.399 e. The van der Waals surface area contributed by atoms with Gasteiger partial charge in [-0.3, -0.25) is 9.69 Å². The summed E-state index contributed by atoms with van der Waals surface area (Å²) in [6.07, 6.45) is 0.419. The van der Waals surface area contributed by atoms with Crippen molar-refractivity contribution in [3.63, 3.8) is 0 Å². The molecule has 0 spiro atoms. The Balaban J connectivity index is 2.70. The van der Waals surface area contributed by atoms with Crippen molar-refractivity contribution in [3.8, 4) is 6.07 Å². The van der Waals surface area contributed by atoms with Crippen molar-refractivity contribution in [3.05, 3.63) is 24.3 Å². The molecule has 0 heterocycles. The molecule has 114 valence electrons. The highest BCUT2D eigenvalue weighted by Crippen LogP contribution is 2.14. The fourth-order valence-electron chi connectivity index (χ4n) is 2.13. The van der Waals surface area contributed by atoms with Crippen LogP contribution in [0.3, 0.4) is 0 Å². The second-order valence-corrected chi connectivity index (χ2v) is 5.59. The number of rotatable bonds is 7. The van der Waals surface area contributed by atoms with Gasteiger partial charge in [0.25, 0.3) is 0 Å². The number of nitrogen functional groups attached to an aromatic ring is 1. The van der Waals surface area contributed by atoms with Gasteiger partial charge in [-0.15, -0.1) is 0 Å². The van der Waals surface area contributed by atoms with Crippen molar-refractivity contribution in [2.75, 3.05) is 24.1 Å². The maximum absolute atomic E-state index is 12.3. The monoisotopic (exact) mass is 288 g/mol. The molecule has 1 aromatic carbocycles. The fourth-order valence-corrected chi connectivity index (χ4v) is 2.13. The Bertz CT molecular complexity index is 507. The molecule has 0 aliphatic heterocycles. The summed E-state index contributed by atoms with van der Waals surface area (Å²) in [6, 6.07) is 8.96. The Morgan fingerprint density at radius 1 is 1.43 bits per heavy atom. The van der Waals surface area contributed by atoms with E-state index in [1.165, 1.54) is 0 Å². The minimum absolute atomic E-state index is 0.0841. The molecule has 1 rings (SSSR count). The third-order valence-electron chi connectivity index (χ3n) is 3.19. The Hall–Kier alpha value is -2.06. The smallest absolute Gasteiger partial charge is 0.241 e. The molecule has 0 aliphatic rings. The van der Waals surface area contributed by atoms with Crippen molar-refractivity contribution in [2.24, 2.45) is 5.92 Å². The van der Waals surface area contributed by atoms with Crippen molar-refractivity contribution >= 4 is 17.3 Å². The Kier molecular flexibility index (Phi) is 6.70. The fraction of sp³-hybridized carbons (Fsp3) is 0.500. The van der Waals surface area contributed by atoms with Gasteiger partial charge in [-0.2, -0.15) is 5.26 Å². The number of nitrogens with zero attached hydrogens (tertiary/aromatic N) is 2. The average Bonchev–Trinajstić information content (AvgIpc) is 2.42. The first-order chi connectivity index (χ1) is 9.93. The van der Waals surface area contributed by atoms with Crippen molar-refractivity contribution in [1.82, 2.24) is 4.90 Å². The van der Waals surface area contributed by atoms with Gasteiger partial charge >= 0.3 is 0 Å². The van der Waals surface area contributed by atoms with E-state index in [0.717, 1.165) is 6.54 Å². The molecule has 5 nitrogen and oxygen atoms in total. The van der Waals surface area contributed by atoms with E-state index in [-0.39, 0.29) is 11.9 Å². The summed E-state index contributed by atoms with van der Waals surface area (Å²) >= 11 is 0. The Morgan fingerprint density at radius 3 is 2.71 bits per heavy atom. The zero-order chi connectivity index (χ0) is 15.8. The van der Waals surface area contributed by atoms with Gasteiger partial charge < -0.3 is 11.1 Å². The van der Waals surface area contributed by atoms with Crippen molar-refractivity contribution in [1.29, 1.82) is 5.26 Å². The van der Waals surface area contributed by atoms with Crippen LogP contribution in [0.1, 0.15) is 27.2 Å². The lowest BCUT2D eigenvalue weighted by Gasteiger charge is -2.29. The molecule has 0 bridgehead atoms. The van der Waals surface area contributed by atoms with Gasteiger partial charge in [-0.1, -0.05) is 19.9 Å². The number of carbonyl (C=O) groups excluding carboxylic acids is 1. The minimum Gasteiger partial charge on any atom is -0.399 e. The van der Waals surface area contributed by atoms with E-state index in [9.17, 15) is 4.79 Å². The molecule has 0 saturated heterocycles. The van der Waals surface area contributed by atoms with Gasteiger partial charge in [0.15, 0.2) is 0 Å². The molecule has 3 N–H and O–H groups in total. The molecule has 21 heavy (non-hydrogen) atoms. The molecule has 1 aromatic rings. The quantitative estimate of drug-likeness (QED) is 0.755. The third-order valence-corrected chi connectivity index (χ3v) is 3.19. The van der Waals surface area contributed by atoms with Crippen LogP contribution >= 0.6 is 0 Å². The van der Waals surface area contributed by atoms with Crippen LogP contribution in [0.25, 0.3) is 0 Å². The van der Waals surface area contributed by atoms with E-state index in [2.05, 4.69) is 25.2 Å². The van der Waals surface area contributed by atoms with Gasteiger partial charge in [-0.05, 0) is 31.0 Å². The van der Waals surface area contributed by atoms with Crippen molar-refractivity contribution < 1.29 is 4.79 Å². The number of amides is 1. The lowest BCUT2D eigenvalue weighted by Crippen LogP contribution is -2.44. The zero-order valence-corrected chi connectivity index (χ0v) is 13.0. The first-order valence-electron chi connectivity index (χ1n) is 7.21. The molecule has 0 fully saturated rings. The SMILES string of the molecule is CC(C)CN(CCC#N)C(C)C(=O)Nc1cccc(N)c1. The predicted molar refractivity (Wildman–Crippen MR) is 85.6 cm³/mol. The van der Waals surface area contributed by atoms with Crippen LogP contribution in [0, 0.1) is 17.2 Å². The van der Waals surface area contributed by atoms with E-state index >= 15 is 0 Å². The van der Waals surface area contributed by atoms with Gasteiger partial charge in [0.05, 0.1) is 12.1 Å². The molecule has 5 heteroatoms. The summed E-state index contributed by atoms with van der Waals surface area (Å²) in [5.74, 6) is 0.352. The van der Waals surface area contributed by atoms with Crippen LogP contribution in [-0.4, -0.2) is 29.9 Å². The van der Waals surface area contributed by atoms with Gasteiger partial charge in [0.1, 0.15) is 0 Å². The van der Waals surface area contributed by atoms with Crippen LogP contribution in [-0.2, 0) is 4.79 Å². The second kappa shape index (κ2) is 8.28. The summed E-state index contributed by atoms with van der Waals surface area (Å²) in [7, 11) is 0. The molecule has 1 amide bonds. The van der Waals surface area contributed by atoms with E-state index in [4.69, 9.17) is 11.0 Å². The highest BCUT2D eigenvalue weighted by atomic mass is 16.2. The predicted octanol–water partition coefficient (Wildman–Crippen LogP) is 2.47. The summed E-state index contributed by atoms with van der Waals surface area (Å²) < 4.78 is 0. The number of anilines is 2. The number of benzene rings is 1. The standard InChI is InChI=1S/C16H24N4O/c1-12(2)11-20(9-5-8-17)13(3)16(21)19-15-7-4-6-14(18)10-15/h4,6-7,10,12-13H,5,9,11,18H2,1-3H3,(H,19,21). The minimum atomic E-state index is -0.290. The van der Waals surface area contributed by atoms with Crippen LogP contribution in [0.2, 0.25) is 0 Å². The number of hydrogen-bond acceptors (Lipinski definition) is 4. The number of carbonyl (C=O) groups is 1. The molecule has 0 aromatic heterocycles. The lowest BCUT2D eigenvalue weighted by molar-refractivity contribution is -0.120. The topological polar surface area (TPSA) is 82.2 Å². The van der Waals surface area contributed by atoms with Gasteiger partial charge in [0, 0.05) is 30.9 Å². The van der Waals surface area contributed by atoms with E-state index in [0.29, 0.717) is 30.3 Å². The molecule has 0 radical (unpaired) electrons. The number of nitrogens with one attached hydrogen (secondary N) is 1. The summed E-state index contributed by atoms with van der Waals surface area (Å²) in [4.78, 5) is 14.4. The highest BCUT2D eigenvalue weighted by Gasteiger charge is 2.21. The van der Waals surface area contributed by atoms with Crippen LogP contribution in [0.4, 0.5) is 11.4 Å². The Labute approximate surface area is 126 Å². The molecule has 1 unspecified atom stereocenters. The van der Waals surface area contributed by atoms with Gasteiger partial charge in [-0.25, -0.2) is 0 Å². The second-order valence-electron chi connectivity index (χ2n) is 5.59. The van der Waals surface area contributed by atoms with Gasteiger partial charge in [0.2, 0.25) is 5.91 Å². The van der Waals surface area contributed by atoms with E-state index < -0.39 is 0 Å². The van der Waals surface area contributed by atoms with Crippen LogP contribution in [0.5, 0.6) is 0 Å². The number of nitriles is 1.